The van der Waals surface area contributed by atoms with Gasteiger partial charge in [0.05, 0.1) is 0 Å². The van der Waals surface area contributed by atoms with E-state index in [4.69, 9.17) is 0 Å². The van der Waals surface area contributed by atoms with Gasteiger partial charge in [-0.25, -0.2) is 13.6 Å². The predicted octanol–water partition coefficient (Wildman–Crippen LogP) is 1.56. The highest BCUT2D eigenvalue weighted by Gasteiger charge is 2.22. The van der Waals surface area contributed by atoms with Crippen LogP contribution in [0.4, 0.5) is 13.6 Å². The zero-order valence-electron chi connectivity index (χ0n) is 9.30. The van der Waals surface area contributed by atoms with Gasteiger partial charge in [-0.2, -0.15) is 0 Å². The molecule has 92 valence electrons. The molecular weight excluding hydrogens is 226 g/mol. The van der Waals surface area contributed by atoms with Crippen molar-refractivity contribution in [1.82, 2.24) is 10.6 Å². The Labute approximate surface area is 98.2 Å². The lowest BCUT2D eigenvalue weighted by Gasteiger charge is -2.12. The molecule has 5 heteroatoms. The summed E-state index contributed by atoms with van der Waals surface area (Å²) in [5.41, 5.74) is 1.99. The molecular formula is C12H14F2N2O. The quantitative estimate of drug-likeness (QED) is 0.827. The monoisotopic (exact) mass is 240 g/mol. The van der Waals surface area contributed by atoms with Crippen LogP contribution >= 0.6 is 0 Å². The number of hydrogen-bond donors (Lipinski definition) is 2. The van der Waals surface area contributed by atoms with E-state index in [-0.39, 0.29) is 24.4 Å². The number of nitrogens with one attached hydrogen (secondary N) is 2. The predicted molar refractivity (Wildman–Crippen MR) is 60.1 cm³/mol. The number of halogens is 2. The van der Waals surface area contributed by atoms with Crippen molar-refractivity contribution in [2.24, 2.45) is 0 Å². The van der Waals surface area contributed by atoms with E-state index in [9.17, 15) is 13.6 Å². The Morgan fingerprint density at radius 3 is 2.88 bits per heavy atom. The Morgan fingerprint density at radius 2 is 2.12 bits per heavy atom. The number of fused-ring (bicyclic) bond motifs is 1. The van der Waals surface area contributed by atoms with Crippen molar-refractivity contribution < 1.29 is 13.6 Å². The minimum atomic E-state index is -0.580. The number of benzene rings is 1. The summed E-state index contributed by atoms with van der Waals surface area (Å²) in [6.45, 7) is -0.566. The van der Waals surface area contributed by atoms with Crippen LogP contribution in [0.3, 0.4) is 0 Å². The first kappa shape index (κ1) is 11.8. The first-order chi connectivity index (χ1) is 8.19. The molecule has 0 fully saturated rings. The summed E-state index contributed by atoms with van der Waals surface area (Å²) in [5.74, 6) is -0.258. The summed E-state index contributed by atoms with van der Waals surface area (Å²) >= 11 is 0. The minimum Gasteiger partial charge on any atom is -0.336 e. The molecule has 0 saturated heterocycles. The molecule has 17 heavy (non-hydrogen) atoms. The molecule has 3 nitrogen and oxygen atoms in total. The smallest absolute Gasteiger partial charge is 0.315 e. The van der Waals surface area contributed by atoms with Crippen LogP contribution in [0, 0.1) is 5.82 Å². The largest absolute Gasteiger partial charge is 0.336 e. The van der Waals surface area contributed by atoms with Crippen molar-refractivity contribution >= 4 is 6.03 Å². The van der Waals surface area contributed by atoms with Crippen LogP contribution in [0.15, 0.2) is 18.2 Å². The maximum atomic E-state index is 13.0. The van der Waals surface area contributed by atoms with Crippen molar-refractivity contribution in [3.63, 3.8) is 0 Å². The van der Waals surface area contributed by atoms with Crippen LogP contribution in [0.1, 0.15) is 11.1 Å². The molecule has 1 aliphatic rings. The molecule has 0 aromatic heterocycles. The normalized spacial score (nSPS) is 17.6. The van der Waals surface area contributed by atoms with E-state index in [1.807, 2.05) is 0 Å². The van der Waals surface area contributed by atoms with Gasteiger partial charge in [0.15, 0.2) is 0 Å². The molecule has 0 radical (unpaired) electrons. The van der Waals surface area contributed by atoms with Crippen molar-refractivity contribution in [3.05, 3.63) is 35.1 Å². The Kier molecular flexibility index (Phi) is 3.56. The zero-order chi connectivity index (χ0) is 12.3. The van der Waals surface area contributed by atoms with E-state index in [1.54, 1.807) is 6.07 Å². The van der Waals surface area contributed by atoms with Gasteiger partial charge in [0.2, 0.25) is 0 Å². The van der Waals surface area contributed by atoms with Crippen molar-refractivity contribution in [2.45, 2.75) is 18.9 Å². The Morgan fingerprint density at radius 1 is 1.35 bits per heavy atom. The summed E-state index contributed by atoms with van der Waals surface area (Å²) in [7, 11) is 0. The SMILES string of the molecule is O=C(NCCF)NC1Cc2ccc(F)cc2C1. The first-order valence-corrected chi connectivity index (χ1v) is 5.56. The van der Waals surface area contributed by atoms with Gasteiger partial charge in [-0.3, -0.25) is 0 Å². The number of carbonyl (C=O) groups excluding carboxylic acids is 1. The molecule has 2 N–H and O–H groups in total. The van der Waals surface area contributed by atoms with Crippen LogP contribution in [-0.2, 0) is 12.8 Å². The molecule has 0 bridgehead atoms. The van der Waals surface area contributed by atoms with Gasteiger partial charge in [0, 0.05) is 12.6 Å². The van der Waals surface area contributed by atoms with E-state index >= 15 is 0 Å². The summed E-state index contributed by atoms with van der Waals surface area (Å²) in [4.78, 5) is 11.3. The highest BCUT2D eigenvalue weighted by molar-refractivity contribution is 5.74. The van der Waals surface area contributed by atoms with Gasteiger partial charge >= 0.3 is 6.03 Å². The minimum absolute atomic E-state index is 0.0140. The van der Waals surface area contributed by atoms with Gasteiger partial charge < -0.3 is 10.6 Å². The second kappa shape index (κ2) is 5.12. The van der Waals surface area contributed by atoms with Crippen LogP contribution in [-0.4, -0.2) is 25.3 Å². The lowest BCUT2D eigenvalue weighted by molar-refractivity contribution is 0.236. The molecule has 0 aliphatic heterocycles. The maximum absolute atomic E-state index is 13.0. The average Bonchev–Trinajstić information content (AvgIpc) is 2.67. The summed E-state index contributed by atoms with van der Waals surface area (Å²) < 4.78 is 24.8. The highest BCUT2D eigenvalue weighted by atomic mass is 19.1. The highest BCUT2D eigenvalue weighted by Crippen LogP contribution is 2.22. The Balaban J connectivity index is 1.89. The van der Waals surface area contributed by atoms with E-state index in [2.05, 4.69) is 10.6 Å². The lowest BCUT2D eigenvalue weighted by atomic mass is 10.1. The zero-order valence-corrected chi connectivity index (χ0v) is 9.30. The van der Waals surface area contributed by atoms with E-state index < -0.39 is 6.67 Å². The topological polar surface area (TPSA) is 41.1 Å². The fourth-order valence-corrected chi connectivity index (χ4v) is 2.09. The third-order valence-corrected chi connectivity index (χ3v) is 2.82. The molecule has 1 atom stereocenters. The fourth-order valence-electron chi connectivity index (χ4n) is 2.09. The molecule has 1 unspecified atom stereocenters. The van der Waals surface area contributed by atoms with E-state index in [0.29, 0.717) is 12.8 Å². The number of amides is 2. The van der Waals surface area contributed by atoms with Crippen LogP contribution in [0.25, 0.3) is 0 Å². The first-order valence-electron chi connectivity index (χ1n) is 5.56. The molecule has 1 aromatic rings. The van der Waals surface area contributed by atoms with Gasteiger partial charge in [0.1, 0.15) is 12.5 Å². The molecule has 2 rings (SSSR count). The van der Waals surface area contributed by atoms with E-state index in [1.165, 1.54) is 12.1 Å². The van der Waals surface area contributed by atoms with Crippen LogP contribution < -0.4 is 10.6 Å². The van der Waals surface area contributed by atoms with Crippen molar-refractivity contribution in [2.75, 3.05) is 13.2 Å². The van der Waals surface area contributed by atoms with Crippen LogP contribution in [0.5, 0.6) is 0 Å². The van der Waals surface area contributed by atoms with Crippen molar-refractivity contribution in [3.8, 4) is 0 Å². The Hall–Kier alpha value is -1.65. The van der Waals surface area contributed by atoms with Crippen LogP contribution in [0.2, 0.25) is 0 Å². The summed E-state index contributed by atoms with van der Waals surface area (Å²) in [6.07, 6.45) is 1.31. The number of alkyl halides is 1. The molecule has 0 heterocycles. The second-order valence-electron chi connectivity index (χ2n) is 4.11. The maximum Gasteiger partial charge on any atom is 0.315 e. The number of urea groups is 1. The van der Waals surface area contributed by atoms with Gasteiger partial charge in [-0.15, -0.1) is 0 Å². The van der Waals surface area contributed by atoms with E-state index in [0.717, 1.165) is 11.1 Å². The third-order valence-electron chi connectivity index (χ3n) is 2.82. The molecule has 1 aromatic carbocycles. The molecule has 2 amide bonds. The number of rotatable bonds is 3. The van der Waals surface area contributed by atoms with Gasteiger partial charge in [-0.05, 0) is 36.1 Å². The van der Waals surface area contributed by atoms with Gasteiger partial charge in [-0.1, -0.05) is 6.07 Å². The summed E-state index contributed by atoms with van der Waals surface area (Å²) in [5, 5.41) is 5.14. The molecule has 1 aliphatic carbocycles. The van der Waals surface area contributed by atoms with Crippen molar-refractivity contribution in [1.29, 1.82) is 0 Å². The molecule has 0 saturated carbocycles. The number of hydrogen-bond acceptors (Lipinski definition) is 1. The molecule has 0 spiro atoms. The van der Waals surface area contributed by atoms with Gasteiger partial charge in [0.25, 0.3) is 0 Å². The number of carbonyl (C=O) groups is 1. The third kappa shape index (κ3) is 2.93. The standard InChI is InChI=1S/C12H14F2N2O/c13-3-4-15-12(17)16-11-6-8-1-2-10(14)5-9(8)7-11/h1-2,5,11H,3-4,6-7H2,(H2,15,16,17). The summed E-state index contributed by atoms with van der Waals surface area (Å²) in [6, 6.07) is 4.25. The average molecular weight is 240 g/mol. The second-order valence-corrected chi connectivity index (χ2v) is 4.11. The Bertz CT molecular complexity index is 423. The lowest BCUT2D eigenvalue weighted by Crippen LogP contribution is -2.43. The fraction of sp³-hybridized carbons (Fsp3) is 0.417.